The predicted octanol–water partition coefficient (Wildman–Crippen LogP) is 5.67. The molecule has 27 heavy (non-hydrogen) atoms. The van der Waals surface area contributed by atoms with E-state index in [1.807, 2.05) is 13.0 Å². The molecule has 0 amide bonds. The summed E-state index contributed by atoms with van der Waals surface area (Å²) in [5.74, 6) is 3.32. The van der Waals surface area contributed by atoms with Gasteiger partial charge in [-0.15, -0.1) is 0 Å². The van der Waals surface area contributed by atoms with Crippen LogP contribution in [0.25, 0.3) is 0 Å². The first-order valence-corrected chi connectivity index (χ1v) is 11.2. The molecule has 0 heterocycles. The van der Waals surface area contributed by atoms with E-state index in [0.29, 0.717) is 35.9 Å². The third-order valence-corrected chi connectivity index (χ3v) is 10.3. The summed E-state index contributed by atoms with van der Waals surface area (Å²) < 4.78 is 0. The molecule has 146 valence electrons. The van der Waals surface area contributed by atoms with Crippen LogP contribution < -0.4 is 0 Å². The van der Waals surface area contributed by atoms with Crippen LogP contribution in [-0.4, -0.2) is 11.6 Å². The van der Waals surface area contributed by atoms with E-state index in [9.17, 15) is 9.59 Å². The monoisotopic (exact) mass is 366 g/mol. The summed E-state index contributed by atoms with van der Waals surface area (Å²) in [6.45, 7) is 11.2. The molecule has 4 saturated carbocycles. The number of Topliss-reactive ketones (excluding diaryl/α,β-unsaturated/α-hetero) is 1. The van der Waals surface area contributed by atoms with Gasteiger partial charge in [0.1, 0.15) is 5.78 Å². The van der Waals surface area contributed by atoms with Gasteiger partial charge in [0.2, 0.25) is 0 Å². The van der Waals surface area contributed by atoms with Gasteiger partial charge in [-0.3, -0.25) is 9.59 Å². The Bertz CT molecular complexity index is 775. The Hall–Kier alpha value is -1.18. The highest BCUT2D eigenvalue weighted by atomic mass is 16.1. The Morgan fingerprint density at radius 1 is 1.15 bits per heavy atom. The van der Waals surface area contributed by atoms with Crippen molar-refractivity contribution in [2.75, 3.05) is 0 Å². The molecule has 2 heteroatoms. The maximum atomic E-state index is 13.0. The molecule has 5 aliphatic carbocycles. The van der Waals surface area contributed by atoms with Gasteiger partial charge in [-0.05, 0) is 98.0 Å². The van der Waals surface area contributed by atoms with E-state index < -0.39 is 0 Å². The third kappa shape index (κ3) is 1.98. The number of rotatable bonds is 1. The second-order valence-electron chi connectivity index (χ2n) is 10.9. The number of carbonyl (C=O) groups is 2. The fourth-order valence-electron chi connectivity index (χ4n) is 9.19. The van der Waals surface area contributed by atoms with E-state index in [-0.39, 0.29) is 22.0 Å². The van der Waals surface area contributed by atoms with E-state index in [0.717, 1.165) is 19.3 Å². The molecule has 0 radical (unpaired) electrons. The first-order chi connectivity index (χ1) is 12.7. The van der Waals surface area contributed by atoms with Crippen molar-refractivity contribution in [3.8, 4) is 0 Å². The molecule has 4 fully saturated rings. The highest BCUT2D eigenvalue weighted by Crippen LogP contribution is 2.75. The van der Waals surface area contributed by atoms with Crippen molar-refractivity contribution in [2.45, 2.75) is 78.6 Å². The maximum absolute atomic E-state index is 13.0. The van der Waals surface area contributed by atoms with E-state index in [1.165, 1.54) is 43.3 Å². The summed E-state index contributed by atoms with van der Waals surface area (Å²) in [5, 5.41) is 0. The van der Waals surface area contributed by atoms with Crippen LogP contribution in [0.15, 0.2) is 23.8 Å². The Morgan fingerprint density at radius 2 is 1.93 bits per heavy atom. The van der Waals surface area contributed by atoms with Gasteiger partial charge in [0, 0.05) is 11.8 Å². The number of hydrogen-bond acceptors (Lipinski definition) is 2. The van der Waals surface area contributed by atoms with Crippen molar-refractivity contribution in [2.24, 2.45) is 39.9 Å². The van der Waals surface area contributed by atoms with Gasteiger partial charge in [-0.25, -0.2) is 0 Å². The van der Waals surface area contributed by atoms with Crippen molar-refractivity contribution >= 4 is 11.6 Å². The lowest BCUT2D eigenvalue weighted by Gasteiger charge is -2.60. The summed E-state index contributed by atoms with van der Waals surface area (Å²) in [6, 6.07) is 0. The van der Waals surface area contributed by atoms with Crippen LogP contribution in [0.2, 0.25) is 0 Å². The second-order valence-corrected chi connectivity index (χ2v) is 10.9. The Labute approximate surface area is 163 Å². The minimum Gasteiger partial charge on any atom is -0.299 e. The summed E-state index contributed by atoms with van der Waals surface area (Å²) in [7, 11) is 0. The summed E-state index contributed by atoms with van der Waals surface area (Å²) in [5.41, 5.74) is 2.72. The zero-order valence-electron chi connectivity index (χ0n) is 17.3. The van der Waals surface area contributed by atoms with Crippen LogP contribution in [0.1, 0.15) is 78.6 Å². The Balaban J connectivity index is 1.58. The Morgan fingerprint density at radius 3 is 2.67 bits per heavy atom. The largest absolute Gasteiger partial charge is 0.299 e. The molecule has 7 atom stereocenters. The summed E-state index contributed by atoms with van der Waals surface area (Å²) in [6.07, 6.45) is 11.9. The van der Waals surface area contributed by atoms with Gasteiger partial charge >= 0.3 is 0 Å². The van der Waals surface area contributed by atoms with Gasteiger partial charge < -0.3 is 0 Å². The molecule has 5 aliphatic rings. The Kier molecular flexibility index (Phi) is 3.61. The molecule has 3 unspecified atom stereocenters. The highest BCUT2D eigenvalue weighted by Gasteiger charge is 2.70. The molecule has 0 aliphatic heterocycles. The molecule has 0 aromatic carbocycles. The lowest BCUT2D eigenvalue weighted by molar-refractivity contribution is -0.142. The van der Waals surface area contributed by atoms with Gasteiger partial charge in [-0.2, -0.15) is 0 Å². The zero-order valence-corrected chi connectivity index (χ0v) is 17.3. The molecule has 0 aromatic heterocycles. The molecule has 0 spiro atoms. The molecule has 0 aromatic rings. The molecule has 0 bridgehead atoms. The smallest absolute Gasteiger partial charge is 0.156 e. The van der Waals surface area contributed by atoms with Crippen LogP contribution >= 0.6 is 0 Å². The van der Waals surface area contributed by atoms with Crippen molar-refractivity contribution in [1.82, 2.24) is 0 Å². The first kappa shape index (κ1) is 17.9. The van der Waals surface area contributed by atoms with Crippen molar-refractivity contribution < 1.29 is 9.59 Å². The number of fused-ring (bicyclic) bond motifs is 7. The molecule has 2 nitrogen and oxygen atoms in total. The topological polar surface area (TPSA) is 34.1 Å². The fourth-order valence-corrected chi connectivity index (χ4v) is 9.19. The van der Waals surface area contributed by atoms with Crippen LogP contribution in [0.4, 0.5) is 0 Å². The number of hydrogen-bond donors (Lipinski definition) is 0. The van der Waals surface area contributed by atoms with Gasteiger partial charge in [0.25, 0.3) is 0 Å². The first-order valence-electron chi connectivity index (χ1n) is 11.2. The standard InChI is InChI=1S/C25H34O2/c1-15-12-19-20(23(3)10-7-18(27)14-21(15)23)8-11-24(4)22(19)13-17-6-5-9-25(17,24)16(2)26/h14,17,19-20,22H,1,5-13H2,2-4H3/t17-,19?,20?,22?,23-,24+,25+/m1/s1. The number of allylic oxidation sites excluding steroid dienone is 2. The van der Waals surface area contributed by atoms with Crippen LogP contribution in [0.3, 0.4) is 0 Å². The lowest BCUT2D eigenvalue weighted by Crippen LogP contribution is -2.54. The number of ketones is 2. The second kappa shape index (κ2) is 5.45. The van der Waals surface area contributed by atoms with Gasteiger partial charge in [0.05, 0.1) is 0 Å². The maximum Gasteiger partial charge on any atom is 0.156 e. The fraction of sp³-hybridized carbons (Fsp3) is 0.760. The van der Waals surface area contributed by atoms with Gasteiger partial charge in [0.15, 0.2) is 5.78 Å². The minimum atomic E-state index is -0.0521. The molecule has 0 N–H and O–H groups in total. The average molecular weight is 367 g/mol. The van der Waals surface area contributed by atoms with E-state index in [2.05, 4.69) is 20.4 Å². The summed E-state index contributed by atoms with van der Waals surface area (Å²) >= 11 is 0. The molecule has 5 rings (SSSR count). The van der Waals surface area contributed by atoms with E-state index in [1.54, 1.807) is 0 Å². The van der Waals surface area contributed by atoms with Crippen LogP contribution in [-0.2, 0) is 9.59 Å². The van der Waals surface area contributed by atoms with Crippen LogP contribution in [0.5, 0.6) is 0 Å². The molecular formula is C25H34O2. The third-order valence-electron chi connectivity index (χ3n) is 10.3. The zero-order chi connectivity index (χ0) is 19.2. The van der Waals surface area contributed by atoms with Crippen molar-refractivity contribution in [3.05, 3.63) is 23.8 Å². The van der Waals surface area contributed by atoms with Crippen molar-refractivity contribution in [3.63, 3.8) is 0 Å². The van der Waals surface area contributed by atoms with Crippen molar-refractivity contribution in [1.29, 1.82) is 0 Å². The van der Waals surface area contributed by atoms with Gasteiger partial charge in [-0.1, -0.05) is 32.4 Å². The minimum absolute atomic E-state index is 0.0521. The highest BCUT2D eigenvalue weighted by molar-refractivity contribution is 5.92. The average Bonchev–Trinajstić information content (AvgIpc) is 3.14. The molecular weight excluding hydrogens is 332 g/mol. The van der Waals surface area contributed by atoms with Crippen LogP contribution in [0, 0.1) is 39.9 Å². The van der Waals surface area contributed by atoms with E-state index >= 15 is 0 Å². The normalized spacial score (nSPS) is 51.1. The summed E-state index contributed by atoms with van der Waals surface area (Å²) in [4.78, 5) is 25.1. The van der Waals surface area contributed by atoms with E-state index in [4.69, 9.17) is 0 Å². The SMILES string of the molecule is C=C1CC2C(CC[C@@]3(C)C2C[C@H]2CCC[C@]23C(C)=O)[C@@]2(C)CCC(=O)C=C12. The number of carbonyl (C=O) groups excluding carboxylic acids is 2. The molecule has 0 saturated heterocycles. The quantitative estimate of drug-likeness (QED) is 0.599. The predicted molar refractivity (Wildman–Crippen MR) is 107 cm³/mol. The lowest BCUT2D eigenvalue weighted by atomic mass is 9.44.